The molecule has 1 heterocycles. The standard InChI is InChI=1S/C31H55N3O5/c1-20(31(5,6)29(38)39)27(36)32-24(16-21-12-8-7-9-13-21)26(35)19-34-18-23-15-11-10-14-22(23)17-25(34)28(37)33-30(2,3)4/h20-26,35H,7-19H2,1-6H3,(H,32,36)(H,33,37)(H,38,39)/t20-,22+,23-,24+,25-,26-/m1/s1. The highest BCUT2D eigenvalue weighted by atomic mass is 16.4. The summed E-state index contributed by atoms with van der Waals surface area (Å²) in [7, 11) is 0. The molecule has 2 amide bonds. The fourth-order valence-electron chi connectivity index (χ4n) is 6.91. The molecule has 1 aliphatic heterocycles. The smallest absolute Gasteiger partial charge is 0.309 e. The Hall–Kier alpha value is -1.67. The number of carbonyl (C=O) groups is 3. The summed E-state index contributed by atoms with van der Waals surface area (Å²) in [6.45, 7) is 11.9. The number of nitrogens with one attached hydrogen (secondary N) is 2. The molecule has 2 saturated carbocycles. The van der Waals surface area contributed by atoms with Gasteiger partial charge in [0.05, 0.1) is 29.5 Å². The average Bonchev–Trinajstić information content (AvgIpc) is 2.86. The van der Waals surface area contributed by atoms with Crippen LogP contribution in [0.3, 0.4) is 0 Å². The van der Waals surface area contributed by atoms with Crippen molar-refractivity contribution in [3.63, 3.8) is 0 Å². The van der Waals surface area contributed by atoms with E-state index in [4.69, 9.17) is 0 Å². The van der Waals surface area contributed by atoms with E-state index in [2.05, 4.69) is 15.5 Å². The Labute approximate surface area is 236 Å². The molecule has 3 fully saturated rings. The molecule has 0 unspecified atom stereocenters. The molecule has 0 bridgehead atoms. The number of aliphatic carboxylic acids is 1. The Balaban J connectivity index is 1.79. The number of amides is 2. The highest BCUT2D eigenvalue weighted by Gasteiger charge is 2.43. The van der Waals surface area contributed by atoms with Crippen LogP contribution in [-0.4, -0.2) is 69.7 Å². The van der Waals surface area contributed by atoms with E-state index in [0.717, 1.165) is 51.5 Å². The highest BCUT2D eigenvalue weighted by molar-refractivity contribution is 5.86. The van der Waals surface area contributed by atoms with Gasteiger partial charge < -0.3 is 20.8 Å². The van der Waals surface area contributed by atoms with Gasteiger partial charge in [-0.25, -0.2) is 0 Å². The lowest BCUT2D eigenvalue weighted by Crippen LogP contribution is -2.60. The number of aliphatic hydroxyl groups is 1. The number of hydrogen-bond acceptors (Lipinski definition) is 5. The van der Waals surface area contributed by atoms with Crippen LogP contribution in [0.2, 0.25) is 0 Å². The third-order valence-electron chi connectivity index (χ3n) is 9.86. The fraction of sp³-hybridized carbons (Fsp3) is 0.903. The highest BCUT2D eigenvalue weighted by Crippen LogP contribution is 2.39. The summed E-state index contributed by atoms with van der Waals surface area (Å²) < 4.78 is 0. The lowest BCUT2D eigenvalue weighted by Gasteiger charge is -2.47. The van der Waals surface area contributed by atoms with Crippen molar-refractivity contribution in [3.05, 3.63) is 0 Å². The maximum absolute atomic E-state index is 13.4. The predicted molar refractivity (Wildman–Crippen MR) is 153 cm³/mol. The zero-order valence-electron chi connectivity index (χ0n) is 25.3. The zero-order valence-corrected chi connectivity index (χ0v) is 25.3. The van der Waals surface area contributed by atoms with E-state index >= 15 is 0 Å². The minimum Gasteiger partial charge on any atom is -0.481 e. The van der Waals surface area contributed by atoms with E-state index in [1.54, 1.807) is 20.8 Å². The van der Waals surface area contributed by atoms with Crippen molar-refractivity contribution in [2.24, 2.45) is 29.1 Å². The van der Waals surface area contributed by atoms with Crippen molar-refractivity contribution in [2.45, 2.75) is 136 Å². The predicted octanol–water partition coefficient (Wildman–Crippen LogP) is 4.34. The van der Waals surface area contributed by atoms with Gasteiger partial charge in [-0.05, 0) is 71.6 Å². The monoisotopic (exact) mass is 549 g/mol. The van der Waals surface area contributed by atoms with Crippen molar-refractivity contribution < 1.29 is 24.6 Å². The van der Waals surface area contributed by atoms with Crippen LogP contribution < -0.4 is 10.6 Å². The van der Waals surface area contributed by atoms with Gasteiger partial charge in [0.2, 0.25) is 11.8 Å². The number of hydrogen-bond donors (Lipinski definition) is 4. The SMILES string of the molecule is C[C@H](C(=O)N[C@@H](CC1CCCCC1)[C@H](O)CN1C[C@H]2CCCC[C@H]2C[C@@H]1C(=O)NC(C)(C)C)C(C)(C)C(=O)O. The summed E-state index contributed by atoms with van der Waals surface area (Å²) in [6, 6.07) is -0.780. The fourth-order valence-corrected chi connectivity index (χ4v) is 6.91. The second-order valence-corrected chi connectivity index (χ2v) is 14.4. The van der Waals surface area contributed by atoms with Gasteiger partial charge in [0, 0.05) is 18.6 Å². The number of fused-ring (bicyclic) bond motifs is 1. The number of β-amino-alcohol motifs (C(OH)–C–C–N with tert-alkyl or cyclic N) is 1. The first-order chi connectivity index (χ1) is 18.2. The molecule has 1 saturated heterocycles. The van der Waals surface area contributed by atoms with Crippen molar-refractivity contribution >= 4 is 17.8 Å². The van der Waals surface area contributed by atoms with Crippen LogP contribution in [0, 0.1) is 29.1 Å². The normalized spacial score (nSPS) is 27.6. The lowest BCUT2D eigenvalue weighted by molar-refractivity contribution is -0.153. The third kappa shape index (κ3) is 8.66. The molecule has 8 heteroatoms. The van der Waals surface area contributed by atoms with Gasteiger partial charge in [-0.15, -0.1) is 0 Å². The largest absolute Gasteiger partial charge is 0.481 e. The molecule has 8 nitrogen and oxygen atoms in total. The number of carboxylic acid groups (broad SMARTS) is 1. The number of rotatable bonds is 10. The van der Waals surface area contributed by atoms with Crippen LogP contribution in [0.5, 0.6) is 0 Å². The van der Waals surface area contributed by atoms with E-state index < -0.39 is 29.4 Å². The van der Waals surface area contributed by atoms with E-state index in [1.165, 1.54) is 19.3 Å². The topological polar surface area (TPSA) is 119 Å². The van der Waals surface area contributed by atoms with Gasteiger partial charge in [-0.3, -0.25) is 19.3 Å². The summed E-state index contributed by atoms with van der Waals surface area (Å²) in [5.74, 6) is -0.590. The number of carboxylic acids is 1. The van der Waals surface area contributed by atoms with Crippen LogP contribution in [0.25, 0.3) is 0 Å². The van der Waals surface area contributed by atoms with E-state index in [1.807, 2.05) is 20.8 Å². The molecule has 2 aliphatic carbocycles. The minimum absolute atomic E-state index is 0.0171. The molecule has 0 spiro atoms. The Bertz CT molecular complexity index is 848. The van der Waals surface area contributed by atoms with Crippen molar-refractivity contribution in [1.29, 1.82) is 0 Å². The second-order valence-electron chi connectivity index (χ2n) is 14.4. The van der Waals surface area contributed by atoms with E-state index in [-0.39, 0.29) is 23.4 Å². The molecule has 4 N–H and O–H groups in total. The average molecular weight is 550 g/mol. The molecular formula is C31H55N3O5. The van der Waals surface area contributed by atoms with Gasteiger partial charge in [-0.2, -0.15) is 0 Å². The van der Waals surface area contributed by atoms with Crippen molar-refractivity contribution in [1.82, 2.24) is 15.5 Å². The number of piperidine rings is 1. The molecule has 0 aromatic heterocycles. The zero-order chi connectivity index (χ0) is 29.0. The minimum atomic E-state index is -1.22. The van der Waals surface area contributed by atoms with Gasteiger partial charge >= 0.3 is 5.97 Å². The summed E-state index contributed by atoms with van der Waals surface area (Å²) in [6.07, 6.45) is 11.1. The van der Waals surface area contributed by atoms with Gasteiger partial charge in [0.15, 0.2) is 0 Å². The molecule has 3 rings (SSSR count). The molecule has 3 aliphatic rings. The summed E-state index contributed by atoms with van der Waals surface area (Å²) in [4.78, 5) is 40.7. The Kier molecular flexibility index (Phi) is 10.9. The van der Waals surface area contributed by atoms with Crippen molar-refractivity contribution in [2.75, 3.05) is 13.1 Å². The van der Waals surface area contributed by atoms with E-state index in [9.17, 15) is 24.6 Å². The van der Waals surface area contributed by atoms with Crippen molar-refractivity contribution in [3.8, 4) is 0 Å². The molecule has 0 aromatic carbocycles. The number of aliphatic hydroxyl groups excluding tert-OH is 1. The van der Waals surface area contributed by atoms with Crippen LogP contribution in [0.15, 0.2) is 0 Å². The van der Waals surface area contributed by atoms with Crippen LogP contribution in [-0.2, 0) is 14.4 Å². The molecule has 0 aromatic rings. The third-order valence-corrected chi connectivity index (χ3v) is 9.86. The Morgan fingerprint density at radius 2 is 1.51 bits per heavy atom. The van der Waals surface area contributed by atoms with Crippen LogP contribution >= 0.6 is 0 Å². The number of likely N-dealkylation sites (tertiary alicyclic amines) is 1. The first-order valence-electron chi connectivity index (χ1n) is 15.5. The first kappa shape index (κ1) is 31.9. The van der Waals surface area contributed by atoms with Gasteiger partial charge in [0.1, 0.15) is 0 Å². The molecule has 0 radical (unpaired) electrons. The molecular weight excluding hydrogens is 494 g/mol. The molecule has 6 atom stereocenters. The van der Waals surface area contributed by atoms with Gasteiger partial charge in [-0.1, -0.05) is 58.3 Å². The molecule has 224 valence electrons. The number of carbonyl (C=O) groups excluding carboxylic acids is 2. The Morgan fingerprint density at radius 3 is 2.10 bits per heavy atom. The van der Waals surface area contributed by atoms with E-state index in [0.29, 0.717) is 30.7 Å². The summed E-state index contributed by atoms with van der Waals surface area (Å²) in [5.41, 5.74) is -1.56. The number of nitrogens with zero attached hydrogens (tertiary/aromatic N) is 1. The van der Waals surface area contributed by atoms with Crippen LogP contribution in [0.1, 0.15) is 112 Å². The maximum atomic E-state index is 13.4. The quantitative estimate of drug-likeness (QED) is 0.322. The molecule has 39 heavy (non-hydrogen) atoms. The van der Waals surface area contributed by atoms with Gasteiger partial charge in [0.25, 0.3) is 0 Å². The first-order valence-corrected chi connectivity index (χ1v) is 15.5. The maximum Gasteiger partial charge on any atom is 0.309 e. The second kappa shape index (κ2) is 13.3. The Morgan fingerprint density at radius 1 is 0.923 bits per heavy atom. The summed E-state index contributed by atoms with van der Waals surface area (Å²) in [5, 5.41) is 27.6. The van der Waals surface area contributed by atoms with Crippen LogP contribution in [0.4, 0.5) is 0 Å². The summed E-state index contributed by atoms with van der Waals surface area (Å²) >= 11 is 0. The lowest BCUT2D eigenvalue weighted by atomic mass is 9.72.